The number of nitrogens with zero attached hydrogens (tertiary/aromatic N) is 1. The zero-order valence-corrected chi connectivity index (χ0v) is 9.14. The smallest absolute Gasteiger partial charge is 0.137 e. The van der Waals surface area contributed by atoms with Crippen molar-refractivity contribution in [3.05, 3.63) is 48.4 Å². The predicted octanol–water partition coefficient (Wildman–Crippen LogP) is 2.26. The summed E-state index contributed by atoms with van der Waals surface area (Å²) in [5, 5.41) is 8.60. The Labute approximate surface area is 98.5 Å². The minimum absolute atomic E-state index is 0.0466. The molecule has 2 aromatic rings. The molecule has 0 aliphatic rings. The number of aromatic nitrogens is 1. The molecule has 0 radical (unpaired) electrons. The Balaban J connectivity index is 2.21. The maximum atomic E-state index is 13.5. The van der Waals surface area contributed by atoms with E-state index in [-0.39, 0.29) is 19.0 Å². The van der Waals surface area contributed by atoms with Gasteiger partial charge in [-0.05, 0) is 24.3 Å². The standard InChI is InChI=1S/C13H12FNO2/c14-12-4-2-1-3-11(12)13-6-5-10(9-15-13)17-8-7-16/h1-6,9,16H,7-8H2. The molecule has 2 rings (SSSR count). The monoisotopic (exact) mass is 233 g/mol. The van der Waals surface area contributed by atoms with Crippen molar-refractivity contribution >= 4 is 0 Å². The maximum absolute atomic E-state index is 13.5. The third-order valence-electron chi connectivity index (χ3n) is 2.25. The van der Waals surface area contributed by atoms with Crippen LogP contribution in [0.25, 0.3) is 11.3 Å². The van der Waals surface area contributed by atoms with Crippen LogP contribution in [-0.2, 0) is 0 Å². The molecule has 1 N–H and O–H groups in total. The predicted molar refractivity (Wildman–Crippen MR) is 62.2 cm³/mol. The van der Waals surface area contributed by atoms with Crippen molar-refractivity contribution in [1.82, 2.24) is 4.98 Å². The van der Waals surface area contributed by atoms with E-state index in [2.05, 4.69) is 4.98 Å². The first-order valence-corrected chi connectivity index (χ1v) is 5.26. The van der Waals surface area contributed by atoms with Gasteiger partial charge in [-0.25, -0.2) is 4.39 Å². The number of pyridine rings is 1. The summed E-state index contributed by atoms with van der Waals surface area (Å²) in [6.45, 7) is 0.176. The van der Waals surface area contributed by atoms with Gasteiger partial charge in [-0.15, -0.1) is 0 Å². The molecule has 4 heteroatoms. The third-order valence-corrected chi connectivity index (χ3v) is 2.25. The van der Waals surface area contributed by atoms with Crippen molar-refractivity contribution in [2.45, 2.75) is 0 Å². The highest BCUT2D eigenvalue weighted by atomic mass is 19.1. The summed E-state index contributed by atoms with van der Waals surface area (Å²) < 4.78 is 18.6. The minimum atomic E-state index is -0.302. The first-order valence-electron chi connectivity index (χ1n) is 5.26. The lowest BCUT2D eigenvalue weighted by Gasteiger charge is -2.05. The Hall–Kier alpha value is -1.94. The number of aliphatic hydroxyl groups is 1. The molecule has 1 heterocycles. The van der Waals surface area contributed by atoms with Gasteiger partial charge in [0.1, 0.15) is 18.2 Å². The summed E-state index contributed by atoms with van der Waals surface area (Å²) in [4.78, 5) is 4.12. The SMILES string of the molecule is OCCOc1ccc(-c2ccccc2F)nc1. The van der Waals surface area contributed by atoms with Gasteiger partial charge in [0.15, 0.2) is 0 Å². The number of hydrogen-bond acceptors (Lipinski definition) is 3. The normalized spacial score (nSPS) is 10.2. The first kappa shape index (κ1) is 11.5. The van der Waals surface area contributed by atoms with Gasteiger partial charge in [0.25, 0.3) is 0 Å². The Morgan fingerprint density at radius 2 is 2.00 bits per heavy atom. The van der Waals surface area contributed by atoms with E-state index in [0.717, 1.165) is 0 Å². The molecule has 0 saturated carbocycles. The Morgan fingerprint density at radius 1 is 1.18 bits per heavy atom. The van der Waals surface area contributed by atoms with Crippen molar-refractivity contribution in [3.8, 4) is 17.0 Å². The van der Waals surface area contributed by atoms with Crippen molar-refractivity contribution < 1.29 is 14.2 Å². The van der Waals surface area contributed by atoms with Gasteiger partial charge >= 0.3 is 0 Å². The van der Waals surface area contributed by atoms with E-state index in [0.29, 0.717) is 17.0 Å². The van der Waals surface area contributed by atoms with Crippen molar-refractivity contribution in [1.29, 1.82) is 0 Å². The fraction of sp³-hybridized carbons (Fsp3) is 0.154. The van der Waals surface area contributed by atoms with Crippen LogP contribution in [0.1, 0.15) is 0 Å². The van der Waals surface area contributed by atoms with Gasteiger partial charge in [0.2, 0.25) is 0 Å². The van der Waals surface area contributed by atoms with Gasteiger partial charge in [-0.2, -0.15) is 0 Å². The first-order chi connectivity index (χ1) is 8.31. The van der Waals surface area contributed by atoms with Crippen LogP contribution in [0.2, 0.25) is 0 Å². The Bertz CT molecular complexity index is 485. The van der Waals surface area contributed by atoms with Crippen molar-refractivity contribution in [3.63, 3.8) is 0 Å². The fourth-order valence-electron chi connectivity index (χ4n) is 1.46. The van der Waals surface area contributed by atoms with E-state index in [4.69, 9.17) is 9.84 Å². The van der Waals surface area contributed by atoms with Gasteiger partial charge in [0, 0.05) is 5.56 Å². The van der Waals surface area contributed by atoms with E-state index in [1.54, 1.807) is 30.3 Å². The summed E-state index contributed by atoms with van der Waals surface area (Å²) in [6.07, 6.45) is 1.51. The number of hydrogen-bond donors (Lipinski definition) is 1. The topological polar surface area (TPSA) is 42.4 Å². The van der Waals surface area contributed by atoms with Crippen molar-refractivity contribution in [2.24, 2.45) is 0 Å². The number of ether oxygens (including phenoxy) is 1. The van der Waals surface area contributed by atoms with E-state index in [9.17, 15) is 4.39 Å². The Morgan fingerprint density at radius 3 is 2.65 bits per heavy atom. The quantitative estimate of drug-likeness (QED) is 0.880. The molecular weight excluding hydrogens is 221 g/mol. The summed E-state index contributed by atoms with van der Waals surface area (Å²) in [7, 11) is 0. The second kappa shape index (κ2) is 5.41. The lowest BCUT2D eigenvalue weighted by molar-refractivity contribution is 0.201. The van der Waals surface area contributed by atoms with Crippen LogP contribution in [0.3, 0.4) is 0 Å². The van der Waals surface area contributed by atoms with E-state index in [1.807, 2.05) is 0 Å². The molecule has 17 heavy (non-hydrogen) atoms. The number of benzene rings is 1. The van der Waals surface area contributed by atoms with Crippen LogP contribution in [0.5, 0.6) is 5.75 Å². The van der Waals surface area contributed by atoms with Crippen LogP contribution in [0.15, 0.2) is 42.6 Å². The molecular formula is C13H12FNO2. The van der Waals surface area contributed by atoms with Gasteiger partial charge in [-0.1, -0.05) is 12.1 Å². The molecule has 0 saturated heterocycles. The van der Waals surface area contributed by atoms with E-state index >= 15 is 0 Å². The van der Waals surface area contributed by atoms with E-state index in [1.165, 1.54) is 12.3 Å². The fourth-order valence-corrected chi connectivity index (χ4v) is 1.46. The molecule has 3 nitrogen and oxygen atoms in total. The number of halogens is 1. The van der Waals surface area contributed by atoms with Crippen LogP contribution < -0.4 is 4.74 Å². The molecule has 0 aliphatic heterocycles. The maximum Gasteiger partial charge on any atom is 0.137 e. The van der Waals surface area contributed by atoms with Gasteiger partial charge in [0.05, 0.1) is 18.5 Å². The second-order valence-corrected chi connectivity index (χ2v) is 3.43. The summed E-state index contributed by atoms with van der Waals surface area (Å²) in [6, 6.07) is 9.85. The second-order valence-electron chi connectivity index (χ2n) is 3.43. The number of rotatable bonds is 4. The van der Waals surface area contributed by atoms with E-state index < -0.39 is 0 Å². The van der Waals surface area contributed by atoms with Crippen LogP contribution in [0.4, 0.5) is 4.39 Å². The lowest BCUT2D eigenvalue weighted by atomic mass is 10.1. The zero-order chi connectivity index (χ0) is 12.1. The molecule has 0 fully saturated rings. The van der Waals surface area contributed by atoms with Gasteiger partial charge in [-0.3, -0.25) is 4.98 Å². The molecule has 1 aromatic heterocycles. The highest BCUT2D eigenvalue weighted by Gasteiger charge is 2.05. The molecule has 0 spiro atoms. The molecule has 0 unspecified atom stereocenters. The molecule has 1 aromatic carbocycles. The van der Waals surface area contributed by atoms with Gasteiger partial charge < -0.3 is 9.84 Å². The molecule has 88 valence electrons. The zero-order valence-electron chi connectivity index (χ0n) is 9.14. The largest absolute Gasteiger partial charge is 0.490 e. The highest BCUT2D eigenvalue weighted by molar-refractivity contribution is 5.59. The third kappa shape index (κ3) is 2.79. The average Bonchev–Trinajstić information content (AvgIpc) is 2.38. The van der Waals surface area contributed by atoms with Crippen LogP contribution in [0, 0.1) is 5.82 Å². The average molecular weight is 233 g/mol. The highest BCUT2D eigenvalue weighted by Crippen LogP contribution is 2.21. The van der Waals surface area contributed by atoms with Crippen LogP contribution in [-0.4, -0.2) is 23.3 Å². The Kier molecular flexibility index (Phi) is 3.67. The summed E-state index contributed by atoms with van der Waals surface area (Å²) in [5.41, 5.74) is 1.01. The lowest BCUT2D eigenvalue weighted by Crippen LogP contribution is -2.01. The van der Waals surface area contributed by atoms with Crippen LogP contribution >= 0.6 is 0 Å². The van der Waals surface area contributed by atoms with Crippen molar-refractivity contribution in [2.75, 3.05) is 13.2 Å². The summed E-state index contributed by atoms with van der Waals surface area (Å²) in [5.74, 6) is 0.253. The molecule has 0 amide bonds. The minimum Gasteiger partial charge on any atom is -0.490 e. The molecule has 0 atom stereocenters. The number of aliphatic hydroxyl groups excluding tert-OH is 1. The summed E-state index contributed by atoms with van der Waals surface area (Å²) >= 11 is 0. The molecule has 0 bridgehead atoms. The molecule has 0 aliphatic carbocycles.